The maximum atomic E-state index is 14.9. The molecule has 2 amide bonds. The molecule has 4 aromatic rings. The van der Waals surface area contributed by atoms with Gasteiger partial charge in [0.25, 0.3) is 0 Å². The van der Waals surface area contributed by atoms with Gasteiger partial charge in [-0.25, -0.2) is 4.39 Å². The molecule has 35 heavy (non-hydrogen) atoms. The van der Waals surface area contributed by atoms with E-state index in [0.29, 0.717) is 40.9 Å². The van der Waals surface area contributed by atoms with Crippen LogP contribution in [-0.4, -0.2) is 16.8 Å². The number of amides is 2. The molecule has 1 fully saturated rings. The summed E-state index contributed by atoms with van der Waals surface area (Å²) < 4.78 is 20.7. The first-order valence-corrected chi connectivity index (χ1v) is 10.9. The Kier molecular flexibility index (Phi) is 5.76. The highest BCUT2D eigenvalue weighted by atomic mass is 19.1. The Morgan fingerprint density at radius 2 is 1.63 bits per heavy atom. The molecule has 0 saturated heterocycles. The third-order valence-corrected chi connectivity index (χ3v) is 5.87. The van der Waals surface area contributed by atoms with E-state index in [1.54, 1.807) is 54.7 Å². The highest BCUT2D eigenvalue weighted by Crippen LogP contribution is 2.47. The van der Waals surface area contributed by atoms with Crippen LogP contribution in [0.3, 0.4) is 0 Å². The highest BCUT2D eigenvalue weighted by Gasteiger charge is 2.56. The molecule has 3 aromatic carbocycles. The zero-order valence-corrected chi connectivity index (χ0v) is 18.5. The minimum absolute atomic E-state index is 0.0440. The number of benzene rings is 3. The molecule has 1 heterocycles. The van der Waals surface area contributed by atoms with Crippen LogP contribution < -0.4 is 26.1 Å². The second kappa shape index (κ2) is 9.03. The third kappa shape index (κ3) is 4.49. The molecule has 0 atom stereocenters. The predicted octanol–water partition coefficient (Wildman–Crippen LogP) is 4.78. The first-order valence-electron chi connectivity index (χ1n) is 10.9. The normalized spacial score (nSPS) is 13.7. The van der Waals surface area contributed by atoms with E-state index in [0.717, 1.165) is 6.07 Å². The lowest BCUT2D eigenvalue weighted by molar-refractivity contribution is -0.131. The predicted molar refractivity (Wildman–Crippen MR) is 128 cm³/mol. The van der Waals surface area contributed by atoms with Crippen LogP contribution in [0.2, 0.25) is 0 Å². The highest BCUT2D eigenvalue weighted by molar-refractivity contribution is 6.16. The van der Waals surface area contributed by atoms with Gasteiger partial charge in [-0.2, -0.15) is 5.90 Å². The summed E-state index contributed by atoms with van der Waals surface area (Å²) in [5, 5.41) is 6.01. The minimum Gasteiger partial charge on any atom is -0.454 e. The van der Waals surface area contributed by atoms with Crippen LogP contribution in [0.15, 0.2) is 79.0 Å². The largest absolute Gasteiger partial charge is 0.454 e. The van der Waals surface area contributed by atoms with E-state index in [9.17, 15) is 14.0 Å². The molecule has 4 N–H and O–H groups in total. The van der Waals surface area contributed by atoms with Crippen LogP contribution in [-0.2, 0) is 9.59 Å². The lowest BCUT2D eigenvalue weighted by Gasteiger charge is -2.16. The Hall–Kier alpha value is -4.50. The van der Waals surface area contributed by atoms with Gasteiger partial charge >= 0.3 is 0 Å². The molecule has 1 aliphatic rings. The van der Waals surface area contributed by atoms with Gasteiger partial charge < -0.3 is 20.2 Å². The van der Waals surface area contributed by atoms with Gasteiger partial charge in [0.2, 0.25) is 11.8 Å². The number of pyridine rings is 1. The number of para-hydroxylation sites is 1. The van der Waals surface area contributed by atoms with Crippen molar-refractivity contribution in [2.24, 2.45) is 11.3 Å². The molecule has 0 radical (unpaired) electrons. The number of rotatable bonds is 7. The number of hydrogen-bond acceptors (Lipinski definition) is 6. The number of nitrogens with zero attached hydrogens (tertiary/aromatic N) is 1. The van der Waals surface area contributed by atoms with Crippen molar-refractivity contribution in [2.45, 2.75) is 12.8 Å². The Balaban J connectivity index is 1.31. The number of hydrogen-bond donors (Lipinski definition) is 3. The fourth-order valence-corrected chi connectivity index (χ4v) is 3.75. The van der Waals surface area contributed by atoms with Crippen molar-refractivity contribution < 1.29 is 23.6 Å². The van der Waals surface area contributed by atoms with E-state index < -0.39 is 17.1 Å². The summed E-state index contributed by atoms with van der Waals surface area (Å²) in [6, 6.07) is 19.6. The summed E-state index contributed by atoms with van der Waals surface area (Å²) in [6.07, 6.45) is 2.39. The van der Waals surface area contributed by atoms with Crippen LogP contribution in [0.4, 0.5) is 15.8 Å². The van der Waals surface area contributed by atoms with Crippen LogP contribution in [0, 0.1) is 11.2 Å². The zero-order valence-electron chi connectivity index (χ0n) is 18.5. The van der Waals surface area contributed by atoms with E-state index in [-0.39, 0.29) is 17.3 Å². The molecule has 1 aromatic heterocycles. The van der Waals surface area contributed by atoms with Crippen LogP contribution >= 0.6 is 0 Å². The average molecular weight is 472 g/mol. The summed E-state index contributed by atoms with van der Waals surface area (Å²) in [5.74, 6) is 4.41. The maximum absolute atomic E-state index is 14.9. The smallest absolute Gasteiger partial charge is 0.240 e. The second-order valence-electron chi connectivity index (χ2n) is 8.21. The second-order valence-corrected chi connectivity index (χ2v) is 8.21. The molecule has 8 nitrogen and oxygen atoms in total. The van der Waals surface area contributed by atoms with Crippen molar-refractivity contribution in [3.63, 3.8) is 0 Å². The number of nitrogens with two attached hydrogens (primary N) is 1. The van der Waals surface area contributed by atoms with E-state index in [1.165, 1.54) is 12.1 Å². The summed E-state index contributed by atoms with van der Waals surface area (Å²) in [5.41, 5.74) is 0.284. The number of nitrogens with one attached hydrogen (secondary N) is 2. The van der Waals surface area contributed by atoms with E-state index in [4.69, 9.17) is 15.5 Å². The van der Waals surface area contributed by atoms with Crippen LogP contribution in [0.5, 0.6) is 17.2 Å². The SMILES string of the molecule is NOc1ccc2nccc(Oc3ccc(NC(=O)C4(C(=O)Nc5ccccc5)CC4)cc3F)c2c1. The Labute approximate surface area is 199 Å². The number of aromatic nitrogens is 1. The number of fused-ring (bicyclic) bond motifs is 1. The maximum Gasteiger partial charge on any atom is 0.240 e. The number of anilines is 2. The molecule has 0 bridgehead atoms. The van der Waals surface area contributed by atoms with Gasteiger partial charge in [-0.1, -0.05) is 18.2 Å². The quantitative estimate of drug-likeness (QED) is 0.263. The molecule has 176 valence electrons. The molecule has 1 saturated carbocycles. The monoisotopic (exact) mass is 472 g/mol. The number of carbonyl (C=O) groups excluding carboxylic acids is 2. The van der Waals surface area contributed by atoms with Gasteiger partial charge in [0.05, 0.1) is 5.52 Å². The number of carbonyl (C=O) groups is 2. The first-order chi connectivity index (χ1) is 17.0. The Bertz CT molecular complexity index is 1420. The fraction of sp³-hybridized carbons (Fsp3) is 0.115. The molecule has 1 aliphatic carbocycles. The summed E-state index contributed by atoms with van der Waals surface area (Å²) in [7, 11) is 0. The van der Waals surface area contributed by atoms with Crippen molar-refractivity contribution in [3.8, 4) is 17.2 Å². The molecular formula is C26H21FN4O4. The zero-order chi connectivity index (χ0) is 24.4. The standard InChI is InChI=1S/C26H21FN4O4/c27-20-14-17(31-25(33)26(11-12-26)24(32)30-16-4-2-1-3-5-16)6-9-23(20)34-22-10-13-29-21-8-7-18(35-28)15-19(21)22/h1-10,13-15H,11-12,28H2,(H,30,32)(H,31,33). The Morgan fingerprint density at radius 1 is 0.886 bits per heavy atom. The molecule has 0 unspecified atom stereocenters. The van der Waals surface area contributed by atoms with Crippen molar-refractivity contribution in [2.75, 3.05) is 10.6 Å². The molecular weight excluding hydrogens is 451 g/mol. The fourth-order valence-electron chi connectivity index (χ4n) is 3.75. The van der Waals surface area contributed by atoms with Crippen molar-refractivity contribution >= 4 is 34.1 Å². The van der Waals surface area contributed by atoms with Gasteiger partial charge in [0.15, 0.2) is 11.6 Å². The molecule has 0 aliphatic heterocycles. The summed E-state index contributed by atoms with van der Waals surface area (Å²) >= 11 is 0. The average Bonchev–Trinajstić information content (AvgIpc) is 3.69. The summed E-state index contributed by atoms with van der Waals surface area (Å²) in [4.78, 5) is 34.6. The molecule has 0 spiro atoms. The van der Waals surface area contributed by atoms with E-state index >= 15 is 0 Å². The topological polar surface area (TPSA) is 116 Å². The molecule has 9 heteroatoms. The first kappa shape index (κ1) is 22.3. The van der Waals surface area contributed by atoms with Crippen molar-refractivity contribution in [1.82, 2.24) is 4.98 Å². The van der Waals surface area contributed by atoms with Crippen molar-refractivity contribution in [1.29, 1.82) is 0 Å². The number of ether oxygens (including phenoxy) is 1. The lowest BCUT2D eigenvalue weighted by Crippen LogP contribution is -2.35. The van der Waals surface area contributed by atoms with E-state index in [2.05, 4.69) is 15.6 Å². The van der Waals surface area contributed by atoms with Gasteiger partial charge in [-0.3, -0.25) is 14.6 Å². The summed E-state index contributed by atoms with van der Waals surface area (Å²) in [6.45, 7) is 0. The van der Waals surface area contributed by atoms with Crippen LogP contribution in [0.25, 0.3) is 10.9 Å². The van der Waals surface area contributed by atoms with Gasteiger partial charge in [-0.05, 0) is 61.4 Å². The number of halogens is 1. The minimum atomic E-state index is -1.17. The molecule has 5 rings (SSSR count). The van der Waals surface area contributed by atoms with Gasteiger partial charge in [0.1, 0.15) is 16.9 Å². The van der Waals surface area contributed by atoms with Crippen molar-refractivity contribution in [3.05, 3.63) is 84.8 Å². The third-order valence-electron chi connectivity index (χ3n) is 5.87. The van der Waals surface area contributed by atoms with E-state index in [1.807, 2.05) is 6.07 Å². The van der Waals surface area contributed by atoms with Crippen LogP contribution in [0.1, 0.15) is 12.8 Å². The lowest BCUT2D eigenvalue weighted by atomic mass is 10.0. The Morgan fingerprint density at radius 3 is 2.31 bits per heavy atom. The van der Waals surface area contributed by atoms with Gasteiger partial charge in [0, 0.05) is 29.0 Å². The van der Waals surface area contributed by atoms with Gasteiger partial charge in [-0.15, -0.1) is 0 Å².